The van der Waals surface area contributed by atoms with Gasteiger partial charge in [-0.05, 0) is 30.5 Å². The molecular formula is C15H19FO2. The zero-order valence-electron chi connectivity index (χ0n) is 10.9. The van der Waals surface area contributed by atoms with E-state index in [-0.39, 0.29) is 18.2 Å². The van der Waals surface area contributed by atoms with Gasteiger partial charge in [0.15, 0.2) is 0 Å². The van der Waals surface area contributed by atoms with Gasteiger partial charge in [-0.2, -0.15) is 0 Å². The number of rotatable bonds is 6. The summed E-state index contributed by atoms with van der Waals surface area (Å²) < 4.78 is 18.0. The van der Waals surface area contributed by atoms with Crippen LogP contribution < -0.4 is 0 Å². The first-order chi connectivity index (χ1) is 8.67. The Morgan fingerprint density at radius 3 is 2.89 bits per heavy atom. The first-order valence-electron chi connectivity index (χ1n) is 6.19. The van der Waals surface area contributed by atoms with Crippen LogP contribution in [0.5, 0.6) is 0 Å². The molecular weight excluding hydrogens is 231 g/mol. The van der Waals surface area contributed by atoms with E-state index < -0.39 is 0 Å². The summed E-state index contributed by atoms with van der Waals surface area (Å²) in [4.78, 5) is 10.9. The van der Waals surface area contributed by atoms with Crippen LogP contribution in [0, 0.1) is 5.82 Å². The van der Waals surface area contributed by atoms with Gasteiger partial charge in [0, 0.05) is 5.56 Å². The van der Waals surface area contributed by atoms with Crippen LogP contribution in [0.4, 0.5) is 4.39 Å². The molecule has 0 atom stereocenters. The quantitative estimate of drug-likeness (QED) is 0.719. The third-order valence-electron chi connectivity index (χ3n) is 2.69. The van der Waals surface area contributed by atoms with E-state index in [4.69, 9.17) is 0 Å². The highest BCUT2D eigenvalue weighted by atomic mass is 19.1. The second-order valence-electron chi connectivity index (χ2n) is 4.14. The fourth-order valence-electron chi connectivity index (χ4n) is 1.62. The van der Waals surface area contributed by atoms with Crippen LogP contribution in [0.3, 0.4) is 0 Å². The SMILES string of the molecule is CCCCc1ccc(F)c(/C=C\CC(=O)OC)c1. The molecule has 0 aliphatic carbocycles. The van der Waals surface area contributed by atoms with Crippen molar-refractivity contribution in [2.75, 3.05) is 7.11 Å². The highest BCUT2D eigenvalue weighted by molar-refractivity contribution is 5.72. The van der Waals surface area contributed by atoms with E-state index in [0.717, 1.165) is 24.8 Å². The van der Waals surface area contributed by atoms with Crippen LogP contribution in [-0.4, -0.2) is 13.1 Å². The third-order valence-corrected chi connectivity index (χ3v) is 2.69. The summed E-state index contributed by atoms with van der Waals surface area (Å²) in [5.74, 6) is -0.592. The minimum absolute atomic E-state index is 0.162. The van der Waals surface area contributed by atoms with Crippen LogP contribution >= 0.6 is 0 Å². The Hall–Kier alpha value is -1.64. The van der Waals surface area contributed by atoms with Crippen LogP contribution in [0.2, 0.25) is 0 Å². The zero-order chi connectivity index (χ0) is 13.4. The summed E-state index contributed by atoms with van der Waals surface area (Å²) in [5, 5.41) is 0. The van der Waals surface area contributed by atoms with Crippen molar-refractivity contribution in [2.45, 2.75) is 32.6 Å². The van der Waals surface area contributed by atoms with Crippen LogP contribution in [-0.2, 0) is 16.0 Å². The van der Waals surface area contributed by atoms with Crippen LogP contribution in [0.1, 0.15) is 37.3 Å². The molecule has 18 heavy (non-hydrogen) atoms. The lowest BCUT2D eigenvalue weighted by molar-refractivity contribution is -0.139. The molecule has 0 amide bonds. The van der Waals surface area contributed by atoms with E-state index in [9.17, 15) is 9.18 Å². The Bertz CT molecular complexity index is 425. The smallest absolute Gasteiger partial charge is 0.309 e. The van der Waals surface area contributed by atoms with E-state index in [1.807, 2.05) is 12.1 Å². The molecule has 1 rings (SSSR count). The van der Waals surface area contributed by atoms with E-state index >= 15 is 0 Å². The molecule has 0 fully saturated rings. The van der Waals surface area contributed by atoms with Crippen molar-refractivity contribution >= 4 is 12.0 Å². The van der Waals surface area contributed by atoms with Gasteiger partial charge < -0.3 is 4.74 Å². The number of benzene rings is 1. The van der Waals surface area contributed by atoms with Gasteiger partial charge in [0.1, 0.15) is 5.82 Å². The Labute approximate surface area is 107 Å². The molecule has 0 saturated carbocycles. The van der Waals surface area contributed by atoms with Crippen LogP contribution in [0.25, 0.3) is 6.08 Å². The lowest BCUT2D eigenvalue weighted by Gasteiger charge is -2.03. The minimum Gasteiger partial charge on any atom is -0.469 e. The van der Waals surface area contributed by atoms with Gasteiger partial charge in [0.05, 0.1) is 13.5 Å². The van der Waals surface area contributed by atoms with Gasteiger partial charge in [0.25, 0.3) is 0 Å². The summed E-state index contributed by atoms with van der Waals surface area (Å²) in [7, 11) is 1.34. The van der Waals surface area contributed by atoms with Crippen molar-refractivity contribution in [3.63, 3.8) is 0 Å². The summed E-state index contributed by atoms with van der Waals surface area (Å²) in [5.41, 5.74) is 1.64. The van der Waals surface area contributed by atoms with Gasteiger partial charge >= 0.3 is 5.97 Å². The van der Waals surface area contributed by atoms with Crippen molar-refractivity contribution in [1.29, 1.82) is 0 Å². The monoisotopic (exact) mass is 250 g/mol. The second-order valence-corrected chi connectivity index (χ2v) is 4.14. The maximum absolute atomic E-state index is 13.5. The van der Waals surface area contributed by atoms with E-state index in [1.165, 1.54) is 13.2 Å². The number of unbranched alkanes of at least 4 members (excludes halogenated alkanes) is 1. The van der Waals surface area contributed by atoms with E-state index in [2.05, 4.69) is 11.7 Å². The Morgan fingerprint density at radius 2 is 2.22 bits per heavy atom. The third kappa shape index (κ3) is 4.70. The van der Waals surface area contributed by atoms with Gasteiger partial charge in [-0.3, -0.25) is 4.79 Å². The number of hydrogen-bond acceptors (Lipinski definition) is 2. The topological polar surface area (TPSA) is 26.3 Å². The molecule has 0 aliphatic rings. The molecule has 3 heteroatoms. The molecule has 0 aliphatic heterocycles. The van der Waals surface area contributed by atoms with Crippen LogP contribution in [0.15, 0.2) is 24.3 Å². The lowest BCUT2D eigenvalue weighted by Crippen LogP contribution is -1.96. The summed E-state index contributed by atoms with van der Waals surface area (Å²) in [6.45, 7) is 2.13. The van der Waals surface area contributed by atoms with Gasteiger partial charge in [-0.15, -0.1) is 0 Å². The molecule has 2 nitrogen and oxygen atoms in total. The zero-order valence-corrected chi connectivity index (χ0v) is 10.9. The van der Waals surface area contributed by atoms with Crippen molar-refractivity contribution in [3.05, 3.63) is 41.2 Å². The molecule has 0 bridgehead atoms. The number of halogens is 1. The number of methoxy groups -OCH3 is 1. The van der Waals surface area contributed by atoms with E-state index in [1.54, 1.807) is 12.2 Å². The molecule has 0 aromatic heterocycles. The van der Waals surface area contributed by atoms with E-state index in [0.29, 0.717) is 5.56 Å². The Morgan fingerprint density at radius 1 is 1.44 bits per heavy atom. The predicted molar refractivity (Wildman–Crippen MR) is 70.7 cm³/mol. The summed E-state index contributed by atoms with van der Waals surface area (Å²) in [6, 6.07) is 5.12. The molecule has 0 saturated heterocycles. The number of esters is 1. The highest BCUT2D eigenvalue weighted by Crippen LogP contribution is 2.14. The molecule has 1 aromatic rings. The Balaban J connectivity index is 2.71. The molecule has 0 heterocycles. The molecule has 0 unspecified atom stereocenters. The maximum atomic E-state index is 13.5. The maximum Gasteiger partial charge on any atom is 0.309 e. The van der Waals surface area contributed by atoms with Crippen molar-refractivity contribution < 1.29 is 13.9 Å². The number of carbonyl (C=O) groups is 1. The fraction of sp³-hybridized carbons (Fsp3) is 0.400. The van der Waals surface area contributed by atoms with Crippen molar-refractivity contribution in [2.24, 2.45) is 0 Å². The van der Waals surface area contributed by atoms with Crippen molar-refractivity contribution in [3.8, 4) is 0 Å². The molecule has 98 valence electrons. The molecule has 0 N–H and O–H groups in total. The van der Waals surface area contributed by atoms with Crippen molar-refractivity contribution in [1.82, 2.24) is 0 Å². The average molecular weight is 250 g/mol. The van der Waals surface area contributed by atoms with Gasteiger partial charge in [0.2, 0.25) is 0 Å². The largest absolute Gasteiger partial charge is 0.469 e. The molecule has 0 radical (unpaired) electrons. The predicted octanol–water partition coefficient (Wildman–Crippen LogP) is 3.74. The molecule has 1 aromatic carbocycles. The minimum atomic E-state index is -0.325. The van der Waals surface area contributed by atoms with Gasteiger partial charge in [-0.25, -0.2) is 4.39 Å². The van der Waals surface area contributed by atoms with Gasteiger partial charge in [-0.1, -0.05) is 31.6 Å². The first kappa shape index (κ1) is 14.4. The summed E-state index contributed by atoms with van der Waals surface area (Å²) in [6.07, 6.45) is 6.57. The molecule has 0 spiro atoms. The number of ether oxygens (including phenoxy) is 1. The second kappa shape index (κ2) is 7.64. The fourth-order valence-corrected chi connectivity index (χ4v) is 1.62. The average Bonchev–Trinajstić information content (AvgIpc) is 2.39. The first-order valence-corrected chi connectivity index (χ1v) is 6.19. The lowest BCUT2D eigenvalue weighted by atomic mass is 10.0. The normalized spacial score (nSPS) is 10.8. The number of hydrogen-bond donors (Lipinski definition) is 0. The number of carbonyl (C=O) groups excluding carboxylic acids is 1. The standard InChI is InChI=1S/C15H19FO2/c1-3-4-6-12-9-10-14(16)13(11-12)7-5-8-15(17)18-2/h5,7,9-11H,3-4,6,8H2,1-2H3/b7-5-. The Kier molecular flexibility index (Phi) is 6.12. The highest BCUT2D eigenvalue weighted by Gasteiger charge is 2.01. The summed E-state index contributed by atoms with van der Waals surface area (Å²) >= 11 is 0. The number of aryl methyl sites for hydroxylation is 1.